The van der Waals surface area contributed by atoms with Gasteiger partial charge in [-0.15, -0.1) is 0 Å². The van der Waals surface area contributed by atoms with E-state index in [2.05, 4.69) is 12.1 Å². The summed E-state index contributed by atoms with van der Waals surface area (Å²) in [5.41, 5.74) is 1.28. The quantitative estimate of drug-likeness (QED) is 0.632. The summed E-state index contributed by atoms with van der Waals surface area (Å²) < 4.78 is 0. The molecule has 0 amide bonds. The average molecular weight is 145 g/mol. The topological polar surface area (TPSA) is 23.9 Å². The lowest BCUT2D eigenvalue weighted by Gasteiger charge is -1.92. The Morgan fingerprint density at radius 2 is 1.91 bits per heavy atom. The Hall–Kier alpha value is -1.37. The van der Waals surface area contributed by atoms with E-state index in [1.54, 1.807) is 6.08 Å². The molecule has 0 atom stereocenters. The predicted octanol–water partition coefficient (Wildman–Crippen LogP) is 2.43. The maximum atomic E-state index is 6.76. The zero-order valence-corrected chi connectivity index (χ0v) is 6.33. The number of hydrogen-bond donors (Lipinski definition) is 1. The first-order valence-electron chi connectivity index (χ1n) is 3.63. The molecule has 0 aliphatic rings. The fourth-order valence-corrected chi connectivity index (χ4v) is 0.886. The molecule has 1 heteroatoms. The largest absolute Gasteiger partial charge is 0.309 e. The molecule has 0 unspecified atom stereocenters. The number of rotatable bonds is 3. The monoisotopic (exact) mass is 145 g/mol. The van der Waals surface area contributed by atoms with Crippen LogP contribution in [-0.2, 0) is 6.42 Å². The first kappa shape index (κ1) is 7.73. The van der Waals surface area contributed by atoms with Gasteiger partial charge in [-0.3, -0.25) is 0 Å². The molecule has 0 saturated carbocycles. The van der Waals surface area contributed by atoms with Gasteiger partial charge in [0, 0.05) is 6.21 Å². The Morgan fingerprint density at radius 3 is 2.55 bits per heavy atom. The van der Waals surface area contributed by atoms with E-state index >= 15 is 0 Å². The number of hydrogen-bond acceptors (Lipinski definition) is 1. The van der Waals surface area contributed by atoms with Crippen molar-refractivity contribution in [3.63, 3.8) is 0 Å². The number of benzene rings is 1. The lowest BCUT2D eigenvalue weighted by Crippen LogP contribution is -1.77. The van der Waals surface area contributed by atoms with Gasteiger partial charge in [0.2, 0.25) is 0 Å². The highest BCUT2D eigenvalue weighted by atomic mass is 14.3. The maximum Gasteiger partial charge on any atom is 0.0174 e. The highest BCUT2D eigenvalue weighted by molar-refractivity contribution is 5.67. The van der Waals surface area contributed by atoms with Gasteiger partial charge >= 0.3 is 0 Å². The molecule has 1 rings (SSSR count). The number of allylic oxidation sites excluding steroid dienone is 2. The molecule has 0 bridgehead atoms. The third-order valence-corrected chi connectivity index (χ3v) is 1.43. The fraction of sp³-hybridized carbons (Fsp3) is 0.100. The van der Waals surface area contributed by atoms with Crippen LogP contribution in [0.1, 0.15) is 5.56 Å². The molecule has 1 aromatic rings. The highest BCUT2D eigenvalue weighted by Crippen LogP contribution is 1.99. The van der Waals surface area contributed by atoms with Crippen LogP contribution in [0.4, 0.5) is 0 Å². The molecule has 0 saturated heterocycles. The van der Waals surface area contributed by atoms with E-state index in [9.17, 15) is 0 Å². The van der Waals surface area contributed by atoms with Crippen LogP contribution in [0.3, 0.4) is 0 Å². The average Bonchev–Trinajstić information content (AvgIpc) is 2.07. The molecule has 0 aliphatic carbocycles. The summed E-state index contributed by atoms with van der Waals surface area (Å²) in [5.74, 6) is 0. The van der Waals surface area contributed by atoms with Crippen LogP contribution >= 0.6 is 0 Å². The Morgan fingerprint density at radius 1 is 1.18 bits per heavy atom. The zero-order valence-electron chi connectivity index (χ0n) is 6.33. The van der Waals surface area contributed by atoms with Crippen LogP contribution < -0.4 is 0 Å². The first-order valence-corrected chi connectivity index (χ1v) is 3.63. The third-order valence-electron chi connectivity index (χ3n) is 1.43. The molecule has 1 nitrogen and oxygen atoms in total. The van der Waals surface area contributed by atoms with E-state index in [1.165, 1.54) is 11.8 Å². The van der Waals surface area contributed by atoms with Gasteiger partial charge in [-0.2, -0.15) is 0 Å². The van der Waals surface area contributed by atoms with Crippen LogP contribution in [0, 0.1) is 5.41 Å². The summed E-state index contributed by atoms with van der Waals surface area (Å²) in [5, 5.41) is 6.76. The van der Waals surface area contributed by atoms with E-state index in [1.807, 2.05) is 24.3 Å². The van der Waals surface area contributed by atoms with Crippen LogP contribution in [0.2, 0.25) is 0 Å². The molecule has 56 valence electrons. The number of nitrogens with one attached hydrogen (secondary N) is 1. The third kappa shape index (κ3) is 2.80. The van der Waals surface area contributed by atoms with Gasteiger partial charge in [0.15, 0.2) is 0 Å². The lowest BCUT2D eigenvalue weighted by atomic mass is 10.1. The summed E-state index contributed by atoms with van der Waals surface area (Å²) in [6, 6.07) is 10.2. The molecule has 0 aliphatic heterocycles. The van der Waals surface area contributed by atoms with Gasteiger partial charge in [0.05, 0.1) is 0 Å². The summed E-state index contributed by atoms with van der Waals surface area (Å²) in [4.78, 5) is 0. The van der Waals surface area contributed by atoms with E-state index in [0.29, 0.717) is 0 Å². The molecule has 0 aromatic heterocycles. The van der Waals surface area contributed by atoms with Crippen molar-refractivity contribution in [2.45, 2.75) is 6.42 Å². The molecular weight excluding hydrogens is 134 g/mol. The van der Waals surface area contributed by atoms with Crippen molar-refractivity contribution in [1.29, 1.82) is 5.41 Å². The molecule has 1 aromatic carbocycles. The van der Waals surface area contributed by atoms with Crippen molar-refractivity contribution in [3.05, 3.63) is 48.0 Å². The van der Waals surface area contributed by atoms with Gasteiger partial charge in [0.1, 0.15) is 0 Å². The Bertz CT molecular complexity index is 236. The molecule has 11 heavy (non-hydrogen) atoms. The van der Waals surface area contributed by atoms with Gasteiger partial charge in [-0.25, -0.2) is 0 Å². The minimum absolute atomic E-state index is 0.913. The Labute approximate surface area is 66.9 Å². The Balaban J connectivity index is 2.51. The van der Waals surface area contributed by atoms with Crippen LogP contribution in [0.5, 0.6) is 0 Å². The molecule has 0 radical (unpaired) electrons. The Kier molecular flexibility index (Phi) is 3.13. The van der Waals surface area contributed by atoms with Crippen LogP contribution in [0.15, 0.2) is 42.5 Å². The summed E-state index contributed by atoms with van der Waals surface area (Å²) in [6.45, 7) is 0. The minimum Gasteiger partial charge on any atom is -0.309 e. The first-order chi connectivity index (χ1) is 5.43. The zero-order chi connectivity index (χ0) is 7.94. The predicted molar refractivity (Wildman–Crippen MR) is 48.1 cm³/mol. The molecule has 0 fully saturated rings. The van der Waals surface area contributed by atoms with E-state index in [4.69, 9.17) is 5.41 Å². The molecular formula is C10H11N. The van der Waals surface area contributed by atoms with Crippen molar-refractivity contribution in [2.24, 2.45) is 0 Å². The standard InChI is InChI=1S/C10H11N/c11-9-5-4-8-10-6-2-1-3-7-10/h1-7,9,11H,8H2/b5-4+,11-9?. The van der Waals surface area contributed by atoms with Crippen molar-refractivity contribution < 1.29 is 0 Å². The second-order valence-electron chi connectivity index (χ2n) is 2.28. The summed E-state index contributed by atoms with van der Waals surface area (Å²) in [7, 11) is 0. The SMILES string of the molecule is N=C/C=C/Cc1ccccc1. The van der Waals surface area contributed by atoms with Gasteiger partial charge < -0.3 is 5.41 Å². The molecule has 1 N–H and O–H groups in total. The maximum absolute atomic E-state index is 6.76. The molecule has 0 spiro atoms. The minimum atomic E-state index is 0.913. The van der Waals surface area contributed by atoms with E-state index < -0.39 is 0 Å². The van der Waals surface area contributed by atoms with Gasteiger partial charge in [-0.1, -0.05) is 36.4 Å². The second kappa shape index (κ2) is 4.45. The smallest absolute Gasteiger partial charge is 0.0174 e. The second-order valence-corrected chi connectivity index (χ2v) is 2.28. The van der Waals surface area contributed by atoms with Crippen molar-refractivity contribution in [3.8, 4) is 0 Å². The van der Waals surface area contributed by atoms with Crippen LogP contribution in [-0.4, -0.2) is 6.21 Å². The highest BCUT2D eigenvalue weighted by Gasteiger charge is 1.83. The van der Waals surface area contributed by atoms with Gasteiger partial charge in [0.25, 0.3) is 0 Å². The summed E-state index contributed by atoms with van der Waals surface area (Å²) in [6.07, 6.45) is 5.93. The van der Waals surface area contributed by atoms with E-state index in [0.717, 1.165) is 6.42 Å². The van der Waals surface area contributed by atoms with Crippen molar-refractivity contribution in [2.75, 3.05) is 0 Å². The van der Waals surface area contributed by atoms with E-state index in [-0.39, 0.29) is 0 Å². The van der Waals surface area contributed by atoms with Crippen molar-refractivity contribution >= 4 is 6.21 Å². The lowest BCUT2D eigenvalue weighted by molar-refractivity contribution is 1.27. The fourth-order valence-electron chi connectivity index (χ4n) is 0.886. The van der Waals surface area contributed by atoms with Crippen molar-refractivity contribution in [1.82, 2.24) is 0 Å². The summed E-state index contributed by atoms with van der Waals surface area (Å²) >= 11 is 0. The van der Waals surface area contributed by atoms with Gasteiger partial charge in [-0.05, 0) is 18.1 Å². The normalized spacial score (nSPS) is 10.2. The molecule has 0 heterocycles. The van der Waals surface area contributed by atoms with Crippen LogP contribution in [0.25, 0.3) is 0 Å².